The molecule has 4 rings (SSSR count). The lowest BCUT2D eigenvalue weighted by atomic mass is 9.88. The fraction of sp³-hybridized carbons (Fsp3) is 0.636. The second-order valence-electron chi connectivity index (χ2n) is 8.39. The summed E-state index contributed by atoms with van der Waals surface area (Å²) in [5.74, 6) is 0.524. The number of ketones is 1. The average molecular weight is 392 g/mol. The number of likely N-dealkylation sites (tertiary alicyclic amines) is 2. The fourth-order valence-corrected chi connectivity index (χ4v) is 5.46. The quantitative estimate of drug-likeness (QED) is 0.727. The molecule has 5 heteroatoms. The van der Waals surface area contributed by atoms with Gasteiger partial charge in [0.2, 0.25) is 0 Å². The number of fused-ring (bicyclic) bond motifs is 1. The molecule has 2 unspecified atom stereocenters. The third kappa shape index (κ3) is 3.72. The molecule has 2 saturated heterocycles. The average Bonchev–Trinajstić information content (AvgIpc) is 3.15. The molecule has 0 bridgehead atoms. The van der Waals surface area contributed by atoms with Crippen molar-refractivity contribution >= 4 is 29.8 Å². The van der Waals surface area contributed by atoms with Crippen molar-refractivity contribution in [1.29, 1.82) is 0 Å². The predicted octanol–water partition coefficient (Wildman–Crippen LogP) is 4.13. The Hall–Kier alpha value is -1.23. The van der Waals surface area contributed by atoms with Gasteiger partial charge in [-0.3, -0.25) is 9.69 Å². The molecule has 1 aromatic rings. The predicted molar refractivity (Wildman–Crippen MR) is 112 cm³/mol. The highest BCUT2D eigenvalue weighted by atomic mass is 35.5. The van der Waals surface area contributed by atoms with Crippen LogP contribution >= 0.6 is 12.4 Å². The smallest absolute Gasteiger partial charge is 0.298 e. The largest absolute Gasteiger partial charge is 0.315 e. The number of carbonyl (C=O) groups excluding carboxylic acids is 2. The van der Waals surface area contributed by atoms with Gasteiger partial charge in [0, 0.05) is 30.5 Å². The van der Waals surface area contributed by atoms with E-state index in [0.717, 1.165) is 55.6 Å². The van der Waals surface area contributed by atoms with Gasteiger partial charge in [-0.2, -0.15) is 0 Å². The van der Waals surface area contributed by atoms with Crippen molar-refractivity contribution in [3.8, 4) is 0 Å². The van der Waals surface area contributed by atoms with E-state index in [4.69, 9.17) is 0 Å². The molecule has 1 aromatic carbocycles. The van der Waals surface area contributed by atoms with Crippen molar-refractivity contribution in [2.45, 2.75) is 64.3 Å². The number of nitrogens with zero attached hydrogens (tertiary/aromatic N) is 2. The zero-order valence-electron chi connectivity index (χ0n) is 16.4. The first-order valence-corrected chi connectivity index (χ1v) is 10.4. The van der Waals surface area contributed by atoms with Crippen LogP contribution in [0.15, 0.2) is 18.2 Å². The zero-order chi connectivity index (χ0) is 18.1. The van der Waals surface area contributed by atoms with Crippen LogP contribution in [0.1, 0.15) is 67.8 Å². The molecular formula is C22H32ClN2O2+. The number of aryl methyl sites for hydroxylation is 1. The number of Topliss-reactive ketones (excluding diaryl/α,β-unsaturated/α-hetero) is 1. The molecule has 0 N–H and O–H groups in total. The van der Waals surface area contributed by atoms with Gasteiger partial charge in [-0.15, -0.1) is 12.4 Å². The van der Waals surface area contributed by atoms with Crippen molar-refractivity contribution < 1.29 is 9.59 Å². The molecule has 0 spiro atoms. The normalized spacial score (nSPS) is 28.5. The van der Waals surface area contributed by atoms with Gasteiger partial charge in [-0.05, 0) is 63.2 Å². The number of piperidine rings is 1. The highest BCUT2D eigenvalue weighted by molar-refractivity contribution is 5.99. The number of halogens is 1. The summed E-state index contributed by atoms with van der Waals surface area (Å²) in [6, 6.07) is 6.61. The first kappa shape index (κ1) is 20.5. The number of hydrogen-bond donors (Lipinski definition) is 0. The molecule has 4 nitrogen and oxygen atoms in total. The van der Waals surface area contributed by atoms with Crippen molar-refractivity contribution in [2.75, 3.05) is 26.2 Å². The van der Waals surface area contributed by atoms with Crippen LogP contribution in [0.5, 0.6) is 0 Å². The number of amides is 1. The molecule has 2 aliphatic heterocycles. The highest BCUT2D eigenvalue weighted by Crippen LogP contribution is 2.37. The van der Waals surface area contributed by atoms with Crippen LogP contribution in [-0.4, -0.2) is 48.8 Å². The van der Waals surface area contributed by atoms with E-state index in [2.05, 4.69) is 17.0 Å². The summed E-state index contributed by atoms with van der Waals surface area (Å²) < 4.78 is 0.484. The Morgan fingerprint density at radius 1 is 1.11 bits per heavy atom. The summed E-state index contributed by atoms with van der Waals surface area (Å²) in [5.41, 5.74) is 3.16. The minimum absolute atomic E-state index is 0. The molecule has 3 aliphatic rings. The lowest BCUT2D eigenvalue weighted by Crippen LogP contribution is -2.65. The van der Waals surface area contributed by atoms with E-state index in [-0.39, 0.29) is 24.1 Å². The summed E-state index contributed by atoms with van der Waals surface area (Å²) >= 11 is 0. The third-order valence-electron chi connectivity index (χ3n) is 6.85. The molecule has 0 aromatic heterocycles. The molecule has 1 amide bonds. The van der Waals surface area contributed by atoms with Crippen molar-refractivity contribution in [3.63, 3.8) is 0 Å². The minimum Gasteiger partial charge on any atom is -0.298 e. The Kier molecular flexibility index (Phi) is 6.39. The van der Waals surface area contributed by atoms with Gasteiger partial charge in [0.1, 0.15) is 11.7 Å². The maximum absolute atomic E-state index is 13.0. The molecule has 27 heavy (non-hydrogen) atoms. The molecular weight excluding hydrogens is 360 g/mol. The molecule has 0 radical (unpaired) electrons. The summed E-state index contributed by atoms with van der Waals surface area (Å²) in [4.78, 5) is 27.8. The van der Waals surface area contributed by atoms with E-state index < -0.39 is 0 Å². The van der Waals surface area contributed by atoms with Crippen LogP contribution in [0, 0.1) is 0 Å². The number of carbonyl (C=O) groups is 2. The van der Waals surface area contributed by atoms with E-state index in [1.54, 1.807) is 6.92 Å². The summed E-state index contributed by atoms with van der Waals surface area (Å²) in [6.07, 6.45) is 8.57. The Morgan fingerprint density at radius 3 is 2.63 bits per heavy atom. The van der Waals surface area contributed by atoms with Crippen LogP contribution in [0.2, 0.25) is 0 Å². The van der Waals surface area contributed by atoms with Gasteiger partial charge in [0.15, 0.2) is 5.78 Å². The third-order valence-corrected chi connectivity index (χ3v) is 6.85. The van der Waals surface area contributed by atoms with E-state index >= 15 is 0 Å². The van der Waals surface area contributed by atoms with E-state index in [0.29, 0.717) is 16.9 Å². The Labute approximate surface area is 168 Å². The number of hydrogen-bond acceptors (Lipinski definition) is 3. The second kappa shape index (κ2) is 8.42. The molecule has 2 heterocycles. The van der Waals surface area contributed by atoms with Gasteiger partial charge in [-0.1, -0.05) is 0 Å². The summed E-state index contributed by atoms with van der Waals surface area (Å²) in [7, 11) is 0. The number of rotatable bonds is 3. The first-order valence-electron chi connectivity index (χ1n) is 10.4. The first-order chi connectivity index (χ1) is 12.6. The van der Waals surface area contributed by atoms with Crippen LogP contribution in [0.25, 0.3) is 0 Å². The van der Waals surface area contributed by atoms with Gasteiger partial charge in [0.25, 0.3) is 0 Å². The van der Waals surface area contributed by atoms with Crippen LogP contribution in [0.3, 0.4) is 0 Å². The van der Waals surface area contributed by atoms with E-state index in [1.165, 1.54) is 32.4 Å². The van der Waals surface area contributed by atoms with Gasteiger partial charge in [-0.25, -0.2) is 9.28 Å². The van der Waals surface area contributed by atoms with Gasteiger partial charge < -0.3 is 0 Å². The Balaban J connectivity index is 0.00000210. The Bertz CT molecular complexity index is 714. The van der Waals surface area contributed by atoms with Crippen LogP contribution in [-0.2, 0) is 11.2 Å². The zero-order valence-corrected chi connectivity index (χ0v) is 17.2. The SMILES string of the molecule is CC(=O)[N+]1(c2ccc3c(c2)CCCC3=O)CCCCC1CN1CCCC1.Cl. The van der Waals surface area contributed by atoms with Crippen molar-refractivity contribution in [1.82, 2.24) is 9.38 Å². The van der Waals surface area contributed by atoms with Gasteiger partial charge >= 0.3 is 5.91 Å². The topological polar surface area (TPSA) is 37.4 Å². The van der Waals surface area contributed by atoms with E-state index in [1.807, 2.05) is 6.07 Å². The molecule has 2 fully saturated rings. The van der Waals surface area contributed by atoms with Crippen molar-refractivity contribution in [2.24, 2.45) is 0 Å². The lowest BCUT2D eigenvalue weighted by Gasteiger charge is -2.45. The van der Waals surface area contributed by atoms with Crippen LogP contribution < -0.4 is 4.48 Å². The standard InChI is InChI=1S/C22H31N2O2.ClH/c1-17(25)24(14-5-2-8-20(24)16-23-12-3-4-13-23)19-10-11-21-18(15-19)7-6-9-22(21)26;/h10-11,15,20H,2-9,12-14,16H2,1H3;1H/q+1;. The molecule has 2 atom stereocenters. The monoisotopic (exact) mass is 391 g/mol. The second-order valence-corrected chi connectivity index (χ2v) is 8.39. The lowest BCUT2D eigenvalue weighted by molar-refractivity contribution is -0.131. The summed E-state index contributed by atoms with van der Waals surface area (Å²) in [6.45, 7) is 6.04. The molecule has 1 aliphatic carbocycles. The van der Waals surface area contributed by atoms with Gasteiger partial charge in [0.05, 0.1) is 20.0 Å². The van der Waals surface area contributed by atoms with E-state index in [9.17, 15) is 9.59 Å². The number of benzene rings is 1. The maximum Gasteiger partial charge on any atom is 0.315 e. The Morgan fingerprint density at radius 2 is 1.89 bits per heavy atom. The minimum atomic E-state index is 0. The fourth-order valence-electron chi connectivity index (χ4n) is 5.46. The van der Waals surface area contributed by atoms with Crippen LogP contribution in [0.4, 0.5) is 5.69 Å². The summed E-state index contributed by atoms with van der Waals surface area (Å²) in [5, 5.41) is 0. The number of quaternary nitrogens is 1. The highest BCUT2D eigenvalue weighted by Gasteiger charge is 2.46. The molecule has 0 saturated carbocycles. The molecule has 148 valence electrons. The van der Waals surface area contributed by atoms with Crippen molar-refractivity contribution in [3.05, 3.63) is 29.3 Å². The maximum atomic E-state index is 13.0.